The highest BCUT2D eigenvalue weighted by atomic mass is 19.4. The number of halogens is 3. The van der Waals surface area contributed by atoms with E-state index in [1.807, 2.05) is 0 Å². The number of alkyl halides is 3. The zero-order valence-electron chi connectivity index (χ0n) is 10.5. The predicted octanol–water partition coefficient (Wildman–Crippen LogP) is 4.08. The van der Waals surface area contributed by atoms with Crippen molar-refractivity contribution in [2.45, 2.75) is 13.1 Å². The third-order valence-electron chi connectivity index (χ3n) is 2.75. The number of ether oxygens (including phenoxy) is 1. The van der Waals surface area contributed by atoms with Crippen LogP contribution in [-0.4, -0.2) is 12.1 Å². The van der Waals surface area contributed by atoms with Crippen molar-refractivity contribution in [3.05, 3.63) is 47.7 Å². The Balaban J connectivity index is 2.48. The van der Waals surface area contributed by atoms with Gasteiger partial charge < -0.3 is 4.74 Å². The van der Waals surface area contributed by atoms with Crippen LogP contribution in [0, 0.1) is 6.92 Å². The SMILES string of the molecule is COc1ccc(-c2nc(C(F)(F)F)ccc2C)cc1. The lowest BCUT2D eigenvalue weighted by atomic mass is 10.1. The molecule has 0 atom stereocenters. The first-order valence-electron chi connectivity index (χ1n) is 5.61. The van der Waals surface area contributed by atoms with E-state index in [4.69, 9.17) is 4.74 Å². The van der Waals surface area contributed by atoms with Gasteiger partial charge in [0.2, 0.25) is 0 Å². The van der Waals surface area contributed by atoms with Crippen molar-refractivity contribution in [3.8, 4) is 17.0 Å². The summed E-state index contributed by atoms with van der Waals surface area (Å²) in [5.41, 5.74) is 0.768. The molecule has 0 N–H and O–H groups in total. The summed E-state index contributed by atoms with van der Waals surface area (Å²) in [6, 6.07) is 9.17. The second-order valence-corrected chi connectivity index (χ2v) is 4.09. The van der Waals surface area contributed by atoms with Crippen LogP contribution in [0.15, 0.2) is 36.4 Å². The molecule has 0 spiro atoms. The molecular formula is C14H12F3NO. The molecule has 5 heteroatoms. The minimum absolute atomic E-state index is 0.331. The van der Waals surface area contributed by atoms with Gasteiger partial charge in [-0.15, -0.1) is 0 Å². The summed E-state index contributed by atoms with van der Waals surface area (Å²) >= 11 is 0. The molecule has 0 aliphatic rings. The van der Waals surface area contributed by atoms with Crippen LogP contribution in [-0.2, 0) is 6.18 Å². The Hall–Kier alpha value is -2.04. The fraction of sp³-hybridized carbons (Fsp3) is 0.214. The second-order valence-electron chi connectivity index (χ2n) is 4.09. The van der Waals surface area contributed by atoms with Gasteiger partial charge in [0.25, 0.3) is 0 Å². The lowest BCUT2D eigenvalue weighted by molar-refractivity contribution is -0.141. The van der Waals surface area contributed by atoms with Crippen molar-refractivity contribution in [1.29, 1.82) is 0 Å². The first-order chi connectivity index (χ1) is 8.91. The van der Waals surface area contributed by atoms with Crippen molar-refractivity contribution < 1.29 is 17.9 Å². The van der Waals surface area contributed by atoms with E-state index >= 15 is 0 Å². The van der Waals surface area contributed by atoms with Gasteiger partial charge in [-0.25, -0.2) is 4.98 Å². The zero-order chi connectivity index (χ0) is 14.0. The average molecular weight is 267 g/mol. The van der Waals surface area contributed by atoms with E-state index in [2.05, 4.69) is 4.98 Å². The molecule has 0 unspecified atom stereocenters. The van der Waals surface area contributed by atoms with Gasteiger partial charge in [0, 0.05) is 5.56 Å². The van der Waals surface area contributed by atoms with E-state index in [1.54, 1.807) is 31.2 Å². The van der Waals surface area contributed by atoms with Crippen LogP contribution >= 0.6 is 0 Å². The molecule has 1 aromatic heterocycles. The minimum atomic E-state index is -4.44. The topological polar surface area (TPSA) is 22.1 Å². The highest BCUT2D eigenvalue weighted by Crippen LogP contribution is 2.31. The standard InChI is InChI=1S/C14H12F3NO/c1-9-3-8-12(14(15,16)17)18-13(9)10-4-6-11(19-2)7-5-10/h3-8H,1-2H3. The molecule has 0 fully saturated rings. The van der Waals surface area contributed by atoms with Crippen LogP contribution < -0.4 is 4.74 Å². The summed E-state index contributed by atoms with van der Waals surface area (Å²) in [5, 5.41) is 0. The van der Waals surface area contributed by atoms with Crippen molar-refractivity contribution in [1.82, 2.24) is 4.98 Å². The maximum absolute atomic E-state index is 12.7. The Morgan fingerprint density at radius 3 is 2.16 bits per heavy atom. The van der Waals surface area contributed by atoms with E-state index < -0.39 is 11.9 Å². The maximum atomic E-state index is 12.7. The number of rotatable bonds is 2. The van der Waals surface area contributed by atoms with E-state index in [1.165, 1.54) is 13.2 Å². The summed E-state index contributed by atoms with van der Waals surface area (Å²) in [6.45, 7) is 1.73. The second kappa shape index (κ2) is 4.91. The van der Waals surface area contributed by atoms with Gasteiger partial charge in [0.1, 0.15) is 11.4 Å². The lowest BCUT2D eigenvalue weighted by Gasteiger charge is -2.11. The molecule has 0 aliphatic carbocycles. The smallest absolute Gasteiger partial charge is 0.433 e. The van der Waals surface area contributed by atoms with Crippen LogP contribution in [0.2, 0.25) is 0 Å². The van der Waals surface area contributed by atoms with Gasteiger partial charge in [0.05, 0.1) is 12.8 Å². The van der Waals surface area contributed by atoms with Gasteiger partial charge in [-0.05, 0) is 42.8 Å². The van der Waals surface area contributed by atoms with Crippen molar-refractivity contribution >= 4 is 0 Å². The average Bonchev–Trinajstić information content (AvgIpc) is 2.38. The normalized spacial score (nSPS) is 11.4. The van der Waals surface area contributed by atoms with E-state index in [0.717, 1.165) is 6.07 Å². The first kappa shape index (κ1) is 13.4. The molecule has 0 saturated heterocycles. The summed E-state index contributed by atoms with van der Waals surface area (Å²) < 4.78 is 43.0. The monoisotopic (exact) mass is 267 g/mol. The van der Waals surface area contributed by atoms with Crippen LogP contribution in [0.4, 0.5) is 13.2 Å². The zero-order valence-corrected chi connectivity index (χ0v) is 10.5. The highest BCUT2D eigenvalue weighted by Gasteiger charge is 2.32. The number of nitrogens with zero attached hydrogens (tertiary/aromatic N) is 1. The van der Waals surface area contributed by atoms with E-state index in [0.29, 0.717) is 22.6 Å². The van der Waals surface area contributed by atoms with Crippen LogP contribution in [0.5, 0.6) is 5.75 Å². The molecule has 2 nitrogen and oxygen atoms in total. The number of hydrogen-bond acceptors (Lipinski definition) is 2. The van der Waals surface area contributed by atoms with Crippen molar-refractivity contribution in [2.24, 2.45) is 0 Å². The van der Waals surface area contributed by atoms with Crippen LogP contribution in [0.1, 0.15) is 11.3 Å². The number of benzene rings is 1. The number of pyridine rings is 1. The van der Waals surface area contributed by atoms with Crippen LogP contribution in [0.3, 0.4) is 0 Å². The molecule has 2 rings (SSSR count). The van der Waals surface area contributed by atoms with Gasteiger partial charge in [0.15, 0.2) is 0 Å². The molecule has 0 bridgehead atoms. The Morgan fingerprint density at radius 1 is 1.00 bits per heavy atom. The molecule has 1 aromatic carbocycles. The number of hydrogen-bond donors (Lipinski definition) is 0. The lowest BCUT2D eigenvalue weighted by Crippen LogP contribution is -2.08. The summed E-state index contributed by atoms with van der Waals surface area (Å²) in [7, 11) is 1.53. The van der Waals surface area contributed by atoms with Gasteiger partial charge in [-0.2, -0.15) is 13.2 Å². The third kappa shape index (κ3) is 2.86. The molecule has 100 valence electrons. The molecule has 1 heterocycles. The third-order valence-corrected chi connectivity index (χ3v) is 2.75. The van der Waals surface area contributed by atoms with E-state index in [-0.39, 0.29) is 0 Å². The van der Waals surface area contributed by atoms with Gasteiger partial charge in [-0.1, -0.05) is 6.07 Å². The minimum Gasteiger partial charge on any atom is -0.497 e. The molecule has 0 radical (unpaired) electrons. The fourth-order valence-electron chi connectivity index (χ4n) is 1.73. The number of aromatic nitrogens is 1. The Morgan fingerprint density at radius 2 is 1.63 bits per heavy atom. The van der Waals surface area contributed by atoms with Gasteiger partial charge >= 0.3 is 6.18 Å². The van der Waals surface area contributed by atoms with Crippen molar-refractivity contribution in [3.63, 3.8) is 0 Å². The summed E-state index contributed by atoms with van der Waals surface area (Å²) in [4.78, 5) is 3.70. The number of methoxy groups -OCH3 is 1. The molecular weight excluding hydrogens is 255 g/mol. The molecule has 0 saturated carbocycles. The van der Waals surface area contributed by atoms with Crippen molar-refractivity contribution in [2.75, 3.05) is 7.11 Å². The largest absolute Gasteiger partial charge is 0.497 e. The maximum Gasteiger partial charge on any atom is 0.433 e. The Labute approximate surface area is 108 Å². The summed E-state index contributed by atoms with van der Waals surface area (Å²) in [5.74, 6) is 0.647. The molecule has 0 aliphatic heterocycles. The quantitative estimate of drug-likeness (QED) is 0.817. The summed E-state index contributed by atoms with van der Waals surface area (Å²) in [6.07, 6.45) is -4.44. The Bertz CT molecular complexity index is 576. The highest BCUT2D eigenvalue weighted by molar-refractivity contribution is 5.63. The number of aryl methyl sites for hydroxylation is 1. The van der Waals surface area contributed by atoms with Gasteiger partial charge in [-0.3, -0.25) is 0 Å². The Kier molecular flexibility index (Phi) is 3.46. The van der Waals surface area contributed by atoms with E-state index in [9.17, 15) is 13.2 Å². The molecule has 19 heavy (non-hydrogen) atoms. The molecule has 2 aromatic rings. The first-order valence-corrected chi connectivity index (χ1v) is 5.61. The molecule has 0 amide bonds. The fourth-order valence-corrected chi connectivity index (χ4v) is 1.73. The predicted molar refractivity (Wildman–Crippen MR) is 66.0 cm³/mol. The van der Waals surface area contributed by atoms with Crippen LogP contribution in [0.25, 0.3) is 11.3 Å².